The van der Waals surface area contributed by atoms with Crippen LogP contribution in [0.2, 0.25) is 0 Å². The van der Waals surface area contributed by atoms with Crippen molar-refractivity contribution in [2.45, 2.75) is 43.9 Å². The number of rotatable bonds is 1. The van der Waals surface area contributed by atoms with Crippen molar-refractivity contribution in [2.75, 3.05) is 24.5 Å². The van der Waals surface area contributed by atoms with Crippen LogP contribution in [-0.2, 0) is 11.8 Å². The Hall–Kier alpha value is -2.08. The molecule has 2 aromatic rings. The molecule has 1 spiro atoms. The molecule has 4 nitrogen and oxygen atoms in total. The minimum absolute atomic E-state index is 0.355. The van der Waals surface area contributed by atoms with E-state index in [0.717, 1.165) is 56.0 Å². The molecule has 1 N–H and O–H groups in total. The highest BCUT2D eigenvalue weighted by Gasteiger charge is 2.47. The molecule has 1 atom stereocenters. The van der Waals surface area contributed by atoms with Crippen molar-refractivity contribution < 1.29 is 8.78 Å². The van der Waals surface area contributed by atoms with Gasteiger partial charge >= 0.3 is 0 Å². The van der Waals surface area contributed by atoms with Crippen molar-refractivity contribution in [1.29, 1.82) is 0 Å². The minimum Gasteiger partial charge on any atom is -0.325 e. The average Bonchev–Trinajstić information content (AvgIpc) is 3.18. The third kappa shape index (κ3) is 2.14. The second kappa shape index (κ2) is 5.71. The summed E-state index contributed by atoms with van der Waals surface area (Å²) in [5.41, 5.74) is 3.22. The van der Waals surface area contributed by atoms with Gasteiger partial charge in [-0.2, -0.15) is 0 Å². The molecule has 5 rings (SSSR count). The third-order valence-corrected chi connectivity index (χ3v) is 6.42. The molecule has 0 amide bonds. The monoisotopic (exact) mass is 356 g/mol. The number of aromatic nitrogens is 2. The van der Waals surface area contributed by atoms with Crippen molar-refractivity contribution in [3.05, 3.63) is 46.9 Å². The molecule has 0 bridgehead atoms. The van der Waals surface area contributed by atoms with Crippen molar-refractivity contribution in [2.24, 2.45) is 0 Å². The van der Waals surface area contributed by atoms with Gasteiger partial charge in [0.2, 0.25) is 0 Å². The summed E-state index contributed by atoms with van der Waals surface area (Å²) < 4.78 is 29.0. The molecule has 6 heteroatoms. The Labute approximate surface area is 151 Å². The fraction of sp³-hybridized carbons (Fsp3) is 0.500. The molecular weight excluding hydrogens is 334 g/mol. The summed E-state index contributed by atoms with van der Waals surface area (Å²) in [6, 6.07) is 2.96. The zero-order chi connectivity index (χ0) is 17.9. The molecule has 1 fully saturated rings. The summed E-state index contributed by atoms with van der Waals surface area (Å²) in [5.74, 6) is -0.183. The highest BCUT2D eigenvalue weighted by atomic mass is 19.2. The molecule has 0 radical (unpaired) electrons. The Morgan fingerprint density at radius 3 is 2.81 bits per heavy atom. The number of fused-ring (bicyclic) bond motifs is 3. The molecule has 3 aliphatic rings. The van der Waals surface area contributed by atoms with Crippen LogP contribution >= 0.6 is 0 Å². The summed E-state index contributed by atoms with van der Waals surface area (Å²) in [4.78, 5) is 11.2. The normalized spacial score (nSPS) is 23.3. The summed E-state index contributed by atoms with van der Waals surface area (Å²) in [6.07, 6.45) is 5.24. The summed E-state index contributed by atoms with van der Waals surface area (Å²) in [5, 5.41) is 3.34. The van der Waals surface area contributed by atoms with E-state index in [1.807, 2.05) is 0 Å². The zero-order valence-corrected chi connectivity index (χ0v) is 14.9. The van der Waals surface area contributed by atoms with Crippen LogP contribution in [0.15, 0.2) is 18.5 Å². The summed E-state index contributed by atoms with van der Waals surface area (Å²) >= 11 is 0. The van der Waals surface area contributed by atoms with Gasteiger partial charge in [0.1, 0.15) is 12.1 Å². The largest absolute Gasteiger partial charge is 0.325 e. The lowest BCUT2D eigenvalue weighted by Gasteiger charge is -2.35. The molecule has 1 aromatic carbocycles. The van der Waals surface area contributed by atoms with Gasteiger partial charge in [-0.3, -0.25) is 0 Å². The van der Waals surface area contributed by atoms with E-state index in [-0.39, 0.29) is 5.41 Å². The molecule has 2 aliphatic heterocycles. The first-order valence-corrected chi connectivity index (χ1v) is 9.41. The number of nitrogens with one attached hydrogen (secondary N) is 1. The number of hydrogen-bond donors (Lipinski definition) is 1. The standard InChI is InChI=1S/C20H22F2N4/c1-12-2-4-14-16(12)19(25-11-24-14)26-10-20(6-8-23-9-7-20)17-15(26)5-3-13(21)18(17)22/h3,5,11-12,23H,2,4,6-10H2,1H3. The third-order valence-electron chi connectivity index (χ3n) is 6.42. The van der Waals surface area contributed by atoms with Gasteiger partial charge in [0.25, 0.3) is 0 Å². The van der Waals surface area contributed by atoms with Gasteiger partial charge in [-0.25, -0.2) is 18.7 Å². The number of anilines is 2. The average molecular weight is 356 g/mol. The number of piperidine rings is 1. The molecule has 1 saturated heterocycles. The van der Waals surface area contributed by atoms with E-state index < -0.39 is 11.6 Å². The van der Waals surface area contributed by atoms with Gasteiger partial charge in [-0.15, -0.1) is 0 Å². The van der Waals surface area contributed by atoms with Crippen molar-refractivity contribution in [1.82, 2.24) is 15.3 Å². The molecule has 3 heterocycles. The van der Waals surface area contributed by atoms with Crippen LogP contribution in [0.1, 0.15) is 48.9 Å². The quantitative estimate of drug-likeness (QED) is 0.848. The highest BCUT2D eigenvalue weighted by Crippen LogP contribution is 2.51. The van der Waals surface area contributed by atoms with E-state index in [1.165, 1.54) is 11.6 Å². The SMILES string of the molecule is CC1CCc2ncnc(N3CC4(CCNCC4)c4c3ccc(F)c4F)c21. The fourth-order valence-corrected chi connectivity index (χ4v) is 5.08. The Kier molecular flexibility index (Phi) is 3.54. The van der Waals surface area contributed by atoms with Crippen molar-refractivity contribution in [3.8, 4) is 0 Å². The van der Waals surface area contributed by atoms with E-state index >= 15 is 0 Å². The highest BCUT2D eigenvalue weighted by molar-refractivity contribution is 5.74. The van der Waals surface area contributed by atoms with E-state index in [2.05, 4.69) is 27.1 Å². The number of hydrogen-bond acceptors (Lipinski definition) is 4. The maximum Gasteiger partial charge on any atom is 0.164 e. The molecule has 0 saturated carbocycles. The molecule has 1 aromatic heterocycles. The lowest BCUT2D eigenvalue weighted by Crippen LogP contribution is -2.43. The first kappa shape index (κ1) is 16.1. The number of benzene rings is 1. The summed E-state index contributed by atoms with van der Waals surface area (Å²) in [6.45, 7) is 4.49. The van der Waals surface area contributed by atoms with Gasteiger partial charge in [0.15, 0.2) is 11.6 Å². The maximum atomic E-state index is 14.9. The predicted molar refractivity (Wildman–Crippen MR) is 95.9 cm³/mol. The van der Waals surface area contributed by atoms with Crippen LogP contribution in [0.5, 0.6) is 0 Å². The van der Waals surface area contributed by atoms with Gasteiger partial charge in [-0.1, -0.05) is 6.92 Å². The van der Waals surface area contributed by atoms with Crippen LogP contribution in [0, 0.1) is 11.6 Å². The Bertz CT molecular complexity index is 876. The molecule has 1 unspecified atom stereocenters. The van der Waals surface area contributed by atoms with Crippen molar-refractivity contribution in [3.63, 3.8) is 0 Å². The van der Waals surface area contributed by atoms with Crippen LogP contribution < -0.4 is 10.2 Å². The first-order chi connectivity index (χ1) is 12.6. The topological polar surface area (TPSA) is 41.1 Å². The van der Waals surface area contributed by atoms with Crippen molar-refractivity contribution >= 4 is 11.5 Å². The molecular formula is C20H22F2N4. The second-order valence-corrected chi connectivity index (χ2v) is 7.87. The van der Waals surface area contributed by atoms with Crippen LogP contribution in [0.25, 0.3) is 0 Å². The maximum absolute atomic E-state index is 14.9. The molecule has 1 aliphatic carbocycles. The van der Waals surface area contributed by atoms with E-state index in [4.69, 9.17) is 0 Å². The minimum atomic E-state index is -0.759. The molecule has 26 heavy (non-hydrogen) atoms. The van der Waals surface area contributed by atoms with Gasteiger partial charge in [0, 0.05) is 34.5 Å². The fourth-order valence-electron chi connectivity index (χ4n) is 5.08. The first-order valence-electron chi connectivity index (χ1n) is 9.41. The van der Waals surface area contributed by atoms with Crippen LogP contribution in [0.4, 0.5) is 20.3 Å². The van der Waals surface area contributed by atoms with Gasteiger partial charge in [0.05, 0.1) is 0 Å². The lowest BCUT2D eigenvalue weighted by molar-refractivity contribution is 0.316. The van der Waals surface area contributed by atoms with E-state index in [9.17, 15) is 8.78 Å². The summed E-state index contributed by atoms with van der Waals surface area (Å²) in [7, 11) is 0. The predicted octanol–water partition coefficient (Wildman–Crippen LogP) is 3.58. The number of aryl methyl sites for hydroxylation is 1. The van der Waals surface area contributed by atoms with Crippen LogP contribution in [0.3, 0.4) is 0 Å². The van der Waals surface area contributed by atoms with Gasteiger partial charge in [-0.05, 0) is 56.8 Å². The van der Waals surface area contributed by atoms with E-state index in [0.29, 0.717) is 18.0 Å². The zero-order valence-electron chi connectivity index (χ0n) is 14.9. The lowest BCUT2D eigenvalue weighted by atomic mass is 9.74. The Morgan fingerprint density at radius 1 is 1.19 bits per heavy atom. The Morgan fingerprint density at radius 2 is 2.00 bits per heavy atom. The number of halogens is 2. The van der Waals surface area contributed by atoms with Crippen LogP contribution in [-0.4, -0.2) is 29.6 Å². The smallest absolute Gasteiger partial charge is 0.164 e. The van der Waals surface area contributed by atoms with Gasteiger partial charge < -0.3 is 10.2 Å². The van der Waals surface area contributed by atoms with E-state index in [1.54, 1.807) is 12.4 Å². The second-order valence-electron chi connectivity index (χ2n) is 7.87. The molecule has 136 valence electrons. The Balaban J connectivity index is 1.70. The number of nitrogens with zero attached hydrogens (tertiary/aromatic N) is 3.